The van der Waals surface area contributed by atoms with Gasteiger partial charge in [0.1, 0.15) is 0 Å². The molecule has 0 aliphatic carbocycles. The number of carbonyl (C=O) groups is 1. The van der Waals surface area contributed by atoms with E-state index in [2.05, 4.69) is 0 Å². The standard InChI is InChI=1S/C11H10F5N3O/c12-10(13)4-19(5-10)8-2-1-6(9(20)18-17)3-7(8)11(14,15)16/h1-3H,4-5,17H2,(H,18,20). The topological polar surface area (TPSA) is 58.4 Å². The quantitative estimate of drug-likeness (QED) is 0.378. The number of hydrogen-bond acceptors (Lipinski definition) is 3. The van der Waals surface area contributed by atoms with Gasteiger partial charge in [-0.1, -0.05) is 0 Å². The third kappa shape index (κ3) is 2.67. The molecule has 3 N–H and O–H groups in total. The van der Waals surface area contributed by atoms with Gasteiger partial charge in [0.2, 0.25) is 0 Å². The third-order valence-electron chi connectivity index (χ3n) is 2.88. The largest absolute Gasteiger partial charge is 0.418 e. The van der Waals surface area contributed by atoms with Gasteiger partial charge in [-0.15, -0.1) is 0 Å². The summed E-state index contributed by atoms with van der Waals surface area (Å²) in [5.74, 6) is 0.961. The lowest BCUT2D eigenvalue weighted by atomic mass is 10.0. The first-order valence-corrected chi connectivity index (χ1v) is 5.49. The van der Waals surface area contributed by atoms with Gasteiger partial charge in [0.25, 0.3) is 11.8 Å². The van der Waals surface area contributed by atoms with Crippen molar-refractivity contribution in [3.63, 3.8) is 0 Å². The van der Waals surface area contributed by atoms with Crippen LogP contribution < -0.4 is 16.2 Å². The van der Waals surface area contributed by atoms with Crippen LogP contribution in [-0.2, 0) is 6.18 Å². The van der Waals surface area contributed by atoms with Crippen molar-refractivity contribution in [1.82, 2.24) is 5.43 Å². The highest BCUT2D eigenvalue weighted by Gasteiger charge is 2.46. The van der Waals surface area contributed by atoms with Crippen molar-refractivity contribution in [2.24, 2.45) is 5.84 Å². The number of benzene rings is 1. The van der Waals surface area contributed by atoms with E-state index in [4.69, 9.17) is 5.84 Å². The Bertz CT molecular complexity index is 535. The second-order valence-corrected chi connectivity index (χ2v) is 4.42. The molecule has 1 saturated heterocycles. The Balaban J connectivity index is 2.40. The van der Waals surface area contributed by atoms with Crippen molar-refractivity contribution in [1.29, 1.82) is 0 Å². The highest BCUT2D eigenvalue weighted by Crippen LogP contribution is 2.41. The summed E-state index contributed by atoms with van der Waals surface area (Å²) < 4.78 is 64.3. The smallest absolute Gasteiger partial charge is 0.359 e. The van der Waals surface area contributed by atoms with Crippen molar-refractivity contribution in [3.8, 4) is 0 Å². The van der Waals surface area contributed by atoms with Gasteiger partial charge in [-0.25, -0.2) is 14.6 Å². The molecular weight excluding hydrogens is 285 g/mol. The van der Waals surface area contributed by atoms with Crippen molar-refractivity contribution in [3.05, 3.63) is 29.3 Å². The Morgan fingerprint density at radius 3 is 2.35 bits per heavy atom. The minimum atomic E-state index is -4.76. The van der Waals surface area contributed by atoms with Crippen LogP contribution in [-0.4, -0.2) is 24.9 Å². The number of halogens is 5. The molecular formula is C11H10F5N3O. The maximum atomic E-state index is 12.9. The normalized spacial score (nSPS) is 17.6. The lowest BCUT2D eigenvalue weighted by Crippen LogP contribution is -2.56. The molecule has 1 aromatic rings. The number of alkyl halides is 5. The molecule has 1 fully saturated rings. The summed E-state index contributed by atoms with van der Waals surface area (Å²) in [4.78, 5) is 12.1. The number of rotatable bonds is 2. The zero-order valence-electron chi connectivity index (χ0n) is 9.97. The van der Waals surface area contributed by atoms with Crippen LogP contribution in [0.5, 0.6) is 0 Å². The molecule has 0 bridgehead atoms. The summed E-state index contributed by atoms with van der Waals surface area (Å²) >= 11 is 0. The van der Waals surface area contributed by atoms with Gasteiger partial charge in [0.15, 0.2) is 0 Å². The van der Waals surface area contributed by atoms with Crippen LogP contribution in [0.1, 0.15) is 15.9 Å². The predicted octanol–water partition coefficient (Wildman–Crippen LogP) is 1.76. The molecule has 0 spiro atoms. The summed E-state index contributed by atoms with van der Waals surface area (Å²) in [5, 5.41) is 0. The van der Waals surface area contributed by atoms with E-state index in [1.165, 1.54) is 0 Å². The van der Waals surface area contributed by atoms with E-state index < -0.39 is 36.7 Å². The number of carbonyl (C=O) groups excluding carboxylic acids is 1. The highest BCUT2D eigenvalue weighted by molar-refractivity contribution is 5.94. The average Bonchev–Trinajstić information content (AvgIpc) is 2.33. The molecule has 2 rings (SSSR count). The molecule has 110 valence electrons. The average molecular weight is 295 g/mol. The molecule has 1 amide bonds. The van der Waals surface area contributed by atoms with E-state index in [-0.39, 0.29) is 11.3 Å². The Hall–Kier alpha value is -1.90. The second-order valence-electron chi connectivity index (χ2n) is 4.42. The van der Waals surface area contributed by atoms with Crippen molar-refractivity contribution >= 4 is 11.6 Å². The van der Waals surface area contributed by atoms with Crippen LogP contribution in [0, 0.1) is 0 Å². The fourth-order valence-corrected chi connectivity index (χ4v) is 1.95. The number of amides is 1. The first-order valence-electron chi connectivity index (χ1n) is 5.49. The number of nitrogens with one attached hydrogen (secondary N) is 1. The molecule has 20 heavy (non-hydrogen) atoms. The van der Waals surface area contributed by atoms with E-state index in [0.717, 1.165) is 17.0 Å². The Labute approximate surface area is 110 Å². The lowest BCUT2D eigenvalue weighted by Gasteiger charge is -2.41. The molecule has 0 saturated carbocycles. The monoisotopic (exact) mass is 295 g/mol. The van der Waals surface area contributed by atoms with E-state index in [1.54, 1.807) is 5.43 Å². The van der Waals surface area contributed by atoms with E-state index in [9.17, 15) is 26.7 Å². The number of nitrogens with two attached hydrogens (primary N) is 1. The molecule has 0 radical (unpaired) electrons. The van der Waals surface area contributed by atoms with Crippen LogP contribution in [0.3, 0.4) is 0 Å². The summed E-state index contributed by atoms with van der Waals surface area (Å²) in [7, 11) is 0. The van der Waals surface area contributed by atoms with Gasteiger partial charge in [0, 0.05) is 11.3 Å². The molecule has 0 unspecified atom stereocenters. The minimum absolute atomic E-state index is 0.296. The first kappa shape index (κ1) is 14.5. The van der Waals surface area contributed by atoms with Crippen molar-refractivity contribution in [2.45, 2.75) is 12.1 Å². The number of hydrazine groups is 1. The van der Waals surface area contributed by atoms with Gasteiger partial charge in [-0.05, 0) is 18.2 Å². The Kier molecular flexibility index (Phi) is 3.32. The third-order valence-corrected chi connectivity index (χ3v) is 2.88. The summed E-state index contributed by atoms with van der Waals surface area (Å²) in [6, 6.07) is 2.68. The van der Waals surface area contributed by atoms with Crippen LogP contribution >= 0.6 is 0 Å². The van der Waals surface area contributed by atoms with Crippen LogP contribution in [0.4, 0.5) is 27.6 Å². The highest BCUT2D eigenvalue weighted by atomic mass is 19.4. The molecule has 1 heterocycles. The Morgan fingerprint density at radius 2 is 1.90 bits per heavy atom. The predicted molar refractivity (Wildman–Crippen MR) is 60.3 cm³/mol. The minimum Gasteiger partial charge on any atom is -0.359 e. The van der Waals surface area contributed by atoms with Crippen molar-refractivity contribution in [2.75, 3.05) is 18.0 Å². The van der Waals surface area contributed by atoms with Gasteiger partial charge in [0.05, 0.1) is 18.7 Å². The van der Waals surface area contributed by atoms with Crippen LogP contribution in [0.15, 0.2) is 18.2 Å². The zero-order chi connectivity index (χ0) is 15.1. The summed E-state index contributed by atoms with van der Waals surface area (Å²) in [5.41, 5.74) is -0.108. The fraction of sp³-hybridized carbons (Fsp3) is 0.364. The second kappa shape index (κ2) is 4.58. The fourth-order valence-electron chi connectivity index (χ4n) is 1.95. The van der Waals surface area contributed by atoms with Gasteiger partial charge in [-0.2, -0.15) is 13.2 Å². The van der Waals surface area contributed by atoms with Gasteiger partial charge in [-0.3, -0.25) is 10.2 Å². The summed E-state index contributed by atoms with van der Waals surface area (Å²) in [6.45, 7) is -1.56. The maximum Gasteiger partial charge on any atom is 0.418 e. The number of nitrogen functional groups attached to an aromatic ring is 1. The molecule has 1 aliphatic rings. The van der Waals surface area contributed by atoms with Crippen LogP contribution in [0.25, 0.3) is 0 Å². The van der Waals surface area contributed by atoms with E-state index in [1.807, 2.05) is 0 Å². The number of hydrogen-bond donors (Lipinski definition) is 2. The van der Waals surface area contributed by atoms with Gasteiger partial charge < -0.3 is 4.90 Å². The molecule has 1 aliphatic heterocycles. The molecule has 0 atom stereocenters. The molecule has 9 heteroatoms. The van der Waals surface area contributed by atoms with Crippen LogP contribution in [0.2, 0.25) is 0 Å². The SMILES string of the molecule is NNC(=O)c1ccc(N2CC(F)(F)C2)c(C(F)(F)F)c1. The van der Waals surface area contributed by atoms with E-state index >= 15 is 0 Å². The lowest BCUT2D eigenvalue weighted by molar-refractivity contribution is -0.137. The Morgan fingerprint density at radius 1 is 1.30 bits per heavy atom. The van der Waals surface area contributed by atoms with E-state index in [0.29, 0.717) is 6.07 Å². The summed E-state index contributed by atoms with van der Waals surface area (Å²) in [6.07, 6.45) is -4.76. The van der Waals surface area contributed by atoms with Crippen molar-refractivity contribution < 1.29 is 26.7 Å². The molecule has 0 aromatic heterocycles. The first-order chi connectivity index (χ1) is 9.14. The number of anilines is 1. The molecule has 4 nitrogen and oxygen atoms in total. The zero-order valence-corrected chi connectivity index (χ0v) is 9.97. The number of nitrogens with zero attached hydrogens (tertiary/aromatic N) is 1. The molecule has 1 aromatic carbocycles. The maximum absolute atomic E-state index is 12.9. The van der Waals surface area contributed by atoms with Gasteiger partial charge >= 0.3 is 6.18 Å².